The first-order chi connectivity index (χ1) is 13.0. The average Bonchev–Trinajstić information content (AvgIpc) is 2.65. The Kier molecular flexibility index (Phi) is 7.65. The van der Waals surface area contributed by atoms with Gasteiger partial charge in [-0.05, 0) is 29.8 Å². The maximum absolute atomic E-state index is 11.4. The molecule has 1 heterocycles. The van der Waals surface area contributed by atoms with E-state index < -0.39 is 43.2 Å². The standard InChI is InChI=1S/C16H22N4O7/c1-9(22)19-13-15(24)14(23)12(8-21)27-16(13)26-11-4-2-10(3-5-11)25-7-6-18-20-17/h2-5,12-16,21,23-24H,6-8H2,1H3,(H,19,22)/t12-,13-,14-,15-,16-/m1/s1. The third-order valence-corrected chi connectivity index (χ3v) is 3.85. The summed E-state index contributed by atoms with van der Waals surface area (Å²) in [5, 5.41) is 35.3. The zero-order valence-electron chi connectivity index (χ0n) is 14.6. The van der Waals surface area contributed by atoms with Crippen molar-refractivity contribution in [2.75, 3.05) is 19.8 Å². The second kappa shape index (κ2) is 9.95. The maximum atomic E-state index is 11.4. The monoisotopic (exact) mass is 382 g/mol. The van der Waals surface area contributed by atoms with Crippen molar-refractivity contribution in [1.82, 2.24) is 5.32 Å². The van der Waals surface area contributed by atoms with E-state index in [1.165, 1.54) is 6.92 Å². The van der Waals surface area contributed by atoms with Crippen LogP contribution in [0.4, 0.5) is 0 Å². The van der Waals surface area contributed by atoms with Gasteiger partial charge in [0.05, 0.1) is 19.8 Å². The predicted molar refractivity (Wildman–Crippen MR) is 91.9 cm³/mol. The van der Waals surface area contributed by atoms with Crippen LogP contribution in [0.5, 0.6) is 11.5 Å². The fraction of sp³-hybridized carbons (Fsp3) is 0.562. The van der Waals surface area contributed by atoms with Crippen LogP contribution in [0, 0.1) is 0 Å². The Morgan fingerprint density at radius 3 is 2.56 bits per heavy atom. The van der Waals surface area contributed by atoms with E-state index in [0.717, 1.165) is 0 Å². The molecule has 27 heavy (non-hydrogen) atoms. The maximum Gasteiger partial charge on any atom is 0.223 e. The molecule has 4 N–H and O–H groups in total. The van der Waals surface area contributed by atoms with Gasteiger partial charge < -0.3 is 34.8 Å². The number of ether oxygens (including phenoxy) is 3. The Morgan fingerprint density at radius 2 is 1.96 bits per heavy atom. The van der Waals surface area contributed by atoms with Gasteiger partial charge in [0.2, 0.25) is 12.2 Å². The molecule has 1 aromatic carbocycles. The number of azide groups is 1. The Labute approximate surface area is 155 Å². The molecule has 11 heteroatoms. The Morgan fingerprint density at radius 1 is 1.30 bits per heavy atom. The summed E-state index contributed by atoms with van der Waals surface area (Å²) in [5.41, 5.74) is 8.20. The summed E-state index contributed by atoms with van der Waals surface area (Å²) in [6, 6.07) is 5.39. The van der Waals surface area contributed by atoms with Crippen molar-refractivity contribution in [3.8, 4) is 11.5 Å². The van der Waals surface area contributed by atoms with Crippen molar-refractivity contribution < 1.29 is 34.3 Å². The number of carbonyl (C=O) groups excluding carboxylic acids is 1. The molecule has 1 aromatic rings. The number of carbonyl (C=O) groups is 1. The molecule has 0 saturated carbocycles. The molecule has 0 aromatic heterocycles. The number of aliphatic hydroxyl groups excluding tert-OH is 3. The smallest absolute Gasteiger partial charge is 0.223 e. The van der Waals surface area contributed by atoms with E-state index in [2.05, 4.69) is 15.3 Å². The van der Waals surface area contributed by atoms with Gasteiger partial charge >= 0.3 is 0 Å². The second-order valence-corrected chi connectivity index (χ2v) is 5.83. The topological polar surface area (TPSA) is 166 Å². The molecule has 1 amide bonds. The number of nitrogens with one attached hydrogen (secondary N) is 1. The van der Waals surface area contributed by atoms with Crippen LogP contribution in [0.25, 0.3) is 10.4 Å². The summed E-state index contributed by atoms with van der Waals surface area (Å²) in [6.45, 7) is 1.16. The van der Waals surface area contributed by atoms with Gasteiger partial charge in [0, 0.05) is 11.8 Å². The summed E-state index contributed by atoms with van der Waals surface area (Å²) in [6.07, 6.45) is -4.94. The van der Waals surface area contributed by atoms with E-state index in [1.54, 1.807) is 24.3 Å². The second-order valence-electron chi connectivity index (χ2n) is 5.83. The molecule has 11 nitrogen and oxygen atoms in total. The van der Waals surface area contributed by atoms with Gasteiger partial charge in [-0.3, -0.25) is 4.79 Å². The Balaban J connectivity index is 2.05. The number of amides is 1. The minimum Gasteiger partial charge on any atom is -0.493 e. The van der Waals surface area contributed by atoms with Crippen molar-refractivity contribution >= 4 is 5.91 Å². The molecule has 0 spiro atoms. The zero-order chi connectivity index (χ0) is 19.8. The summed E-state index contributed by atoms with van der Waals surface area (Å²) >= 11 is 0. The molecule has 0 bridgehead atoms. The quantitative estimate of drug-likeness (QED) is 0.207. The highest BCUT2D eigenvalue weighted by Gasteiger charge is 2.46. The molecule has 1 aliphatic rings. The largest absolute Gasteiger partial charge is 0.493 e. The van der Waals surface area contributed by atoms with E-state index in [4.69, 9.17) is 19.7 Å². The first-order valence-corrected chi connectivity index (χ1v) is 8.26. The molecular weight excluding hydrogens is 360 g/mol. The third-order valence-electron chi connectivity index (χ3n) is 3.85. The highest BCUT2D eigenvalue weighted by Crippen LogP contribution is 2.25. The number of aliphatic hydroxyl groups is 3. The van der Waals surface area contributed by atoms with Crippen LogP contribution in [0.2, 0.25) is 0 Å². The zero-order valence-corrected chi connectivity index (χ0v) is 14.6. The fourth-order valence-electron chi connectivity index (χ4n) is 2.57. The molecule has 5 atom stereocenters. The minimum atomic E-state index is -1.38. The fourth-order valence-corrected chi connectivity index (χ4v) is 2.57. The van der Waals surface area contributed by atoms with Gasteiger partial charge in [0.15, 0.2) is 0 Å². The van der Waals surface area contributed by atoms with E-state index >= 15 is 0 Å². The number of nitrogens with zero attached hydrogens (tertiary/aromatic N) is 3. The highest BCUT2D eigenvalue weighted by molar-refractivity contribution is 5.73. The van der Waals surface area contributed by atoms with Gasteiger partial charge in [-0.15, -0.1) is 0 Å². The Bertz CT molecular complexity index is 665. The lowest BCUT2D eigenvalue weighted by atomic mass is 9.97. The van der Waals surface area contributed by atoms with Crippen molar-refractivity contribution in [2.45, 2.75) is 37.6 Å². The van der Waals surface area contributed by atoms with Crippen LogP contribution in [0.15, 0.2) is 29.4 Å². The molecule has 0 radical (unpaired) electrons. The summed E-state index contributed by atoms with van der Waals surface area (Å²) in [5.74, 6) is 0.454. The number of hydrogen-bond acceptors (Lipinski definition) is 8. The van der Waals surface area contributed by atoms with E-state index in [1.807, 2.05) is 0 Å². The lowest BCUT2D eigenvalue weighted by molar-refractivity contribution is -0.244. The van der Waals surface area contributed by atoms with Gasteiger partial charge in [-0.25, -0.2) is 0 Å². The molecule has 1 fully saturated rings. The SMILES string of the molecule is CC(=O)N[C@H]1[C@H](Oc2ccc(OCCN=[N+]=[N-])cc2)O[C@H](CO)[C@@H](O)[C@@H]1O. The van der Waals surface area contributed by atoms with Crippen LogP contribution in [0.3, 0.4) is 0 Å². The van der Waals surface area contributed by atoms with Crippen molar-refractivity contribution in [1.29, 1.82) is 0 Å². The van der Waals surface area contributed by atoms with Gasteiger partial charge in [0.25, 0.3) is 0 Å². The molecule has 148 valence electrons. The van der Waals surface area contributed by atoms with Crippen molar-refractivity contribution in [3.05, 3.63) is 34.7 Å². The van der Waals surface area contributed by atoms with Crippen LogP contribution in [-0.2, 0) is 9.53 Å². The third kappa shape index (κ3) is 5.71. The van der Waals surface area contributed by atoms with Crippen LogP contribution < -0.4 is 14.8 Å². The molecule has 0 aliphatic carbocycles. The van der Waals surface area contributed by atoms with Gasteiger partial charge in [0.1, 0.15) is 35.9 Å². The Hall–Kier alpha value is -2.56. The van der Waals surface area contributed by atoms with Crippen LogP contribution in [-0.4, -0.2) is 71.6 Å². The van der Waals surface area contributed by atoms with Crippen molar-refractivity contribution in [2.24, 2.45) is 5.11 Å². The van der Waals surface area contributed by atoms with E-state index in [9.17, 15) is 20.1 Å². The number of hydrogen-bond donors (Lipinski definition) is 4. The first-order valence-electron chi connectivity index (χ1n) is 8.26. The van der Waals surface area contributed by atoms with Crippen molar-refractivity contribution in [3.63, 3.8) is 0 Å². The molecule has 1 aliphatic heterocycles. The molecule has 0 unspecified atom stereocenters. The van der Waals surface area contributed by atoms with Crippen LogP contribution in [0.1, 0.15) is 6.92 Å². The minimum absolute atomic E-state index is 0.200. The van der Waals surface area contributed by atoms with Crippen LogP contribution >= 0.6 is 0 Å². The summed E-state index contributed by atoms with van der Waals surface area (Å²) in [7, 11) is 0. The average molecular weight is 382 g/mol. The summed E-state index contributed by atoms with van der Waals surface area (Å²) < 4.78 is 16.5. The molecule has 2 rings (SSSR count). The summed E-state index contributed by atoms with van der Waals surface area (Å²) in [4.78, 5) is 14.0. The number of benzene rings is 1. The normalized spacial score (nSPS) is 27.3. The number of rotatable bonds is 8. The highest BCUT2D eigenvalue weighted by atomic mass is 16.7. The molecule has 1 saturated heterocycles. The lowest BCUT2D eigenvalue weighted by Gasteiger charge is -2.42. The van der Waals surface area contributed by atoms with Gasteiger partial charge in [-0.2, -0.15) is 0 Å². The molecular formula is C16H22N4O7. The van der Waals surface area contributed by atoms with Gasteiger partial charge in [-0.1, -0.05) is 5.11 Å². The predicted octanol–water partition coefficient (Wildman–Crippen LogP) is -0.302. The van der Waals surface area contributed by atoms with E-state index in [-0.39, 0.29) is 13.2 Å². The first kappa shape index (κ1) is 20.7. The van der Waals surface area contributed by atoms with E-state index in [0.29, 0.717) is 11.5 Å². The lowest BCUT2D eigenvalue weighted by Crippen LogP contribution is -2.65.